The predicted molar refractivity (Wildman–Crippen MR) is 53.8 cm³/mol. The van der Waals surface area contributed by atoms with Crippen molar-refractivity contribution in [3.8, 4) is 0 Å². The summed E-state index contributed by atoms with van der Waals surface area (Å²) >= 11 is 0. The van der Waals surface area contributed by atoms with Crippen LogP contribution in [-0.2, 0) is 4.74 Å². The normalized spacial score (nSPS) is 10.4. The first kappa shape index (κ1) is 8.74. The number of nitrogens with zero attached hydrogens (tertiary/aromatic N) is 3. The molecule has 0 fully saturated rings. The van der Waals surface area contributed by atoms with Crippen molar-refractivity contribution in [2.45, 2.75) is 6.92 Å². The Morgan fingerprint density at radius 2 is 2.36 bits per heavy atom. The van der Waals surface area contributed by atoms with Crippen molar-refractivity contribution in [2.75, 3.05) is 7.11 Å². The monoisotopic (exact) mass is 189 g/mol. The summed E-state index contributed by atoms with van der Waals surface area (Å²) in [4.78, 5) is 4.32. The maximum atomic E-state index is 5.09. The molecule has 2 rings (SSSR count). The van der Waals surface area contributed by atoms with Crippen LogP contribution in [0.4, 0.5) is 0 Å². The largest absolute Gasteiger partial charge is 0.495 e. The van der Waals surface area contributed by atoms with Crippen molar-refractivity contribution < 1.29 is 4.74 Å². The zero-order chi connectivity index (χ0) is 10.1. The van der Waals surface area contributed by atoms with E-state index in [1.165, 1.54) is 0 Å². The van der Waals surface area contributed by atoms with E-state index in [1.807, 2.05) is 19.1 Å². The maximum Gasteiger partial charge on any atom is 0.156 e. The molecule has 0 spiro atoms. The second-order valence-electron chi connectivity index (χ2n) is 3.01. The Morgan fingerprint density at radius 1 is 1.57 bits per heavy atom. The summed E-state index contributed by atoms with van der Waals surface area (Å²) in [6.45, 7) is 5.73. The number of ether oxygens (including phenoxy) is 1. The van der Waals surface area contributed by atoms with Crippen LogP contribution in [0.3, 0.4) is 0 Å². The molecule has 0 bridgehead atoms. The minimum Gasteiger partial charge on any atom is -0.495 e. The average molecular weight is 189 g/mol. The van der Waals surface area contributed by atoms with Gasteiger partial charge in [0.05, 0.1) is 13.3 Å². The van der Waals surface area contributed by atoms with Gasteiger partial charge in [-0.1, -0.05) is 6.58 Å². The van der Waals surface area contributed by atoms with Crippen LogP contribution >= 0.6 is 0 Å². The maximum absolute atomic E-state index is 5.09. The number of fused-ring (bicyclic) bond motifs is 1. The lowest BCUT2D eigenvalue weighted by Crippen LogP contribution is -2.01. The zero-order valence-corrected chi connectivity index (χ0v) is 8.19. The van der Waals surface area contributed by atoms with Gasteiger partial charge in [0.1, 0.15) is 11.5 Å². The minimum absolute atomic E-state index is 0.587. The van der Waals surface area contributed by atoms with Crippen LogP contribution in [0.15, 0.2) is 24.9 Å². The van der Waals surface area contributed by atoms with E-state index in [9.17, 15) is 0 Å². The molecule has 2 heterocycles. The minimum atomic E-state index is 0.587. The molecule has 0 N–H and O–H groups in total. The van der Waals surface area contributed by atoms with Crippen LogP contribution in [0.2, 0.25) is 0 Å². The highest BCUT2D eigenvalue weighted by molar-refractivity contribution is 5.57. The fourth-order valence-electron chi connectivity index (χ4n) is 1.34. The number of hydrogen-bond donors (Lipinski definition) is 0. The quantitative estimate of drug-likeness (QED) is 0.674. The third-order valence-electron chi connectivity index (χ3n) is 2.02. The molecule has 0 radical (unpaired) electrons. The van der Waals surface area contributed by atoms with Crippen molar-refractivity contribution in [1.29, 1.82) is 0 Å². The average Bonchev–Trinajstić information content (AvgIpc) is 2.62. The highest BCUT2D eigenvalue weighted by atomic mass is 16.5. The molecular weight excluding hydrogens is 178 g/mol. The highest BCUT2D eigenvalue weighted by Gasteiger charge is 2.07. The molecule has 0 aliphatic heterocycles. The Kier molecular flexibility index (Phi) is 1.96. The van der Waals surface area contributed by atoms with Crippen molar-refractivity contribution in [3.05, 3.63) is 36.3 Å². The molecule has 0 aliphatic carbocycles. The third kappa shape index (κ3) is 1.25. The molecule has 72 valence electrons. The van der Waals surface area contributed by atoms with E-state index < -0.39 is 0 Å². The predicted octanol–water partition coefficient (Wildman–Crippen LogP) is 1.65. The molecule has 4 heteroatoms. The Bertz CT molecular complexity index is 487. The lowest BCUT2D eigenvalue weighted by Gasteiger charge is -2.07. The van der Waals surface area contributed by atoms with Gasteiger partial charge in [0.25, 0.3) is 0 Å². The number of hydrogen-bond acceptors (Lipinski definition) is 3. The van der Waals surface area contributed by atoms with Gasteiger partial charge in [0.15, 0.2) is 5.65 Å². The fourth-order valence-corrected chi connectivity index (χ4v) is 1.34. The molecule has 0 saturated carbocycles. The molecular formula is C10H11N3O. The van der Waals surface area contributed by atoms with Crippen LogP contribution in [0.5, 0.6) is 0 Å². The molecule has 14 heavy (non-hydrogen) atoms. The first-order chi connectivity index (χ1) is 6.72. The molecule has 0 atom stereocenters. The van der Waals surface area contributed by atoms with Crippen molar-refractivity contribution in [3.63, 3.8) is 0 Å². The standard InChI is InChI=1S/C10H11N3O/c1-7-6-9(8(2)14-3)13-10(12-7)4-5-11-13/h4-6H,2H2,1,3H3. The van der Waals surface area contributed by atoms with Gasteiger partial charge < -0.3 is 4.74 Å². The topological polar surface area (TPSA) is 39.4 Å². The first-order valence-electron chi connectivity index (χ1n) is 4.27. The molecule has 0 aromatic carbocycles. The van der Waals surface area contributed by atoms with E-state index >= 15 is 0 Å². The SMILES string of the molecule is C=C(OC)c1cc(C)nc2ccnn12. The lowest BCUT2D eigenvalue weighted by molar-refractivity contribution is 0.368. The molecule has 2 aromatic rings. The van der Waals surface area contributed by atoms with Crippen molar-refractivity contribution in [1.82, 2.24) is 14.6 Å². The van der Waals surface area contributed by atoms with Gasteiger partial charge in [-0.15, -0.1) is 0 Å². The molecule has 0 saturated heterocycles. The first-order valence-corrected chi connectivity index (χ1v) is 4.27. The number of aryl methyl sites for hydroxylation is 1. The summed E-state index contributed by atoms with van der Waals surface area (Å²) in [5.74, 6) is 0.587. The second kappa shape index (κ2) is 3.14. The smallest absolute Gasteiger partial charge is 0.156 e. The van der Waals surface area contributed by atoms with Crippen molar-refractivity contribution >= 4 is 11.4 Å². The summed E-state index contributed by atoms with van der Waals surface area (Å²) in [5, 5.41) is 4.14. The molecule has 0 aliphatic rings. The summed E-state index contributed by atoms with van der Waals surface area (Å²) < 4.78 is 6.79. The van der Waals surface area contributed by atoms with Crippen LogP contribution in [0.1, 0.15) is 11.4 Å². The Labute approximate surface area is 81.8 Å². The van der Waals surface area contributed by atoms with Gasteiger partial charge in [0, 0.05) is 11.8 Å². The summed E-state index contributed by atoms with van der Waals surface area (Å²) in [6, 6.07) is 3.74. The van der Waals surface area contributed by atoms with Gasteiger partial charge in [-0.3, -0.25) is 0 Å². The zero-order valence-electron chi connectivity index (χ0n) is 8.19. The van der Waals surface area contributed by atoms with Gasteiger partial charge >= 0.3 is 0 Å². The summed E-state index contributed by atoms with van der Waals surface area (Å²) in [5.41, 5.74) is 2.56. The van der Waals surface area contributed by atoms with E-state index in [0.717, 1.165) is 17.0 Å². The number of rotatable bonds is 2. The molecule has 2 aromatic heterocycles. The van der Waals surface area contributed by atoms with E-state index in [4.69, 9.17) is 4.74 Å². The Morgan fingerprint density at radius 3 is 3.07 bits per heavy atom. The van der Waals surface area contributed by atoms with Gasteiger partial charge in [-0.2, -0.15) is 5.10 Å². The number of aromatic nitrogens is 3. The van der Waals surface area contributed by atoms with Gasteiger partial charge in [-0.05, 0) is 13.0 Å². The van der Waals surface area contributed by atoms with E-state index in [1.54, 1.807) is 17.8 Å². The Balaban J connectivity index is 2.72. The fraction of sp³-hybridized carbons (Fsp3) is 0.200. The van der Waals surface area contributed by atoms with Gasteiger partial charge in [0.2, 0.25) is 0 Å². The number of methoxy groups -OCH3 is 1. The van der Waals surface area contributed by atoms with Gasteiger partial charge in [-0.25, -0.2) is 9.50 Å². The van der Waals surface area contributed by atoms with Crippen LogP contribution < -0.4 is 0 Å². The third-order valence-corrected chi connectivity index (χ3v) is 2.02. The van der Waals surface area contributed by atoms with Crippen molar-refractivity contribution in [2.24, 2.45) is 0 Å². The summed E-state index contributed by atoms with van der Waals surface area (Å²) in [6.07, 6.45) is 1.70. The van der Waals surface area contributed by atoms with E-state index in [-0.39, 0.29) is 0 Å². The second-order valence-corrected chi connectivity index (χ2v) is 3.01. The van der Waals surface area contributed by atoms with Crippen LogP contribution in [0, 0.1) is 6.92 Å². The molecule has 0 unspecified atom stereocenters. The highest BCUT2D eigenvalue weighted by Crippen LogP contribution is 2.14. The molecule has 0 amide bonds. The van der Waals surface area contributed by atoms with Crippen LogP contribution in [0.25, 0.3) is 11.4 Å². The Hall–Kier alpha value is -1.84. The summed E-state index contributed by atoms with van der Waals surface area (Å²) in [7, 11) is 1.59. The molecule has 4 nitrogen and oxygen atoms in total. The van der Waals surface area contributed by atoms with Crippen LogP contribution in [-0.4, -0.2) is 21.7 Å². The lowest BCUT2D eigenvalue weighted by atomic mass is 10.3. The van der Waals surface area contributed by atoms with E-state index in [2.05, 4.69) is 16.7 Å². The van der Waals surface area contributed by atoms with E-state index in [0.29, 0.717) is 5.76 Å².